The predicted octanol–water partition coefficient (Wildman–Crippen LogP) is 5.08. The fraction of sp³-hybridized carbons (Fsp3) is 0.538. The Balaban J connectivity index is 2.79. The van der Waals surface area contributed by atoms with Gasteiger partial charge in [-0.2, -0.15) is 0 Å². The van der Waals surface area contributed by atoms with Gasteiger partial charge in [-0.05, 0) is 29.9 Å². The molecule has 1 aromatic rings. The van der Waals surface area contributed by atoms with Crippen LogP contribution in [0.15, 0.2) is 24.3 Å². The highest BCUT2D eigenvalue weighted by Crippen LogP contribution is 2.32. The number of benzene rings is 1. The van der Waals surface area contributed by atoms with Gasteiger partial charge in [0, 0.05) is 10.4 Å². The van der Waals surface area contributed by atoms with E-state index in [4.69, 9.17) is 11.6 Å². The molecule has 0 radical (unpaired) electrons. The second-order valence-electron chi connectivity index (χ2n) is 4.46. The van der Waals surface area contributed by atoms with Gasteiger partial charge in [0.05, 0.1) is 0 Å². The molecule has 84 valence electrons. The fourth-order valence-corrected chi connectivity index (χ4v) is 2.59. The normalized spacial score (nSPS) is 14.9. The molecule has 0 bridgehead atoms. The summed E-state index contributed by atoms with van der Waals surface area (Å²) in [6.07, 6.45) is 3.49. The van der Waals surface area contributed by atoms with Crippen molar-refractivity contribution in [3.8, 4) is 0 Å². The quantitative estimate of drug-likeness (QED) is 0.663. The third-order valence-corrected chi connectivity index (χ3v) is 4.47. The van der Waals surface area contributed by atoms with E-state index in [1.165, 1.54) is 18.4 Å². The van der Waals surface area contributed by atoms with Crippen LogP contribution in [0.25, 0.3) is 0 Å². The third-order valence-electron chi connectivity index (χ3n) is 2.75. The van der Waals surface area contributed by atoms with Crippen LogP contribution in [0.5, 0.6) is 0 Å². The van der Waals surface area contributed by atoms with Crippen LogP contribution < -0.4 is 0 Å². The van der Waals surface area contributed by atoms with Crippen LogP contribution in [0.3, 0.4) is 0 Å². The first-order valence-corrected chi connectivity index (χ1v) is 6.90. The van der Waals surface area contributed by atoms with Crippen LogP contribution in [0.2, 0.25) is 5.02 Å². The molecule has 1 unspecified atom stereocenters. The van der Waals surface area contributed by atoms with Crippen molar-refractivity contribution in [2.45, 2.75) is 33.1 Å². The number of halogens is 2. The number of rotatable bonds is 5. The summed E-state index contributed by atoms with van der Waals surface area (Å²) in [5.74, 6) is 0. The van der Waals surface area contributed by atoms with Crippen molar-refractivity contribution < 1.29 is 0 Å². The van der Waals surface area contributed by atoms with Crippen LogP contribution in [0.4, 0.5) is 0 Å². The number of hydrogen-bond acceptors (Lipinski definition) is 0. The molecule has 2 heteroatoms. The van der Waals surface area contributed by atoms with Crippen molar-refractivity contribution >= 4 is 27.5 Å². The Morgan fingerprint density at radius 1 is 1.33 bits per heavy atom. The second-order valence-corrected chi connectivity index (χ2v) is 5.43. The zero-order valence-corrected chi connectivity index (χ0v) is 11.7. The Hall–Kier alpha value is -0.0100. The lowest BCUT2D eigenvalue weighted by Crippen LogP contribution is -2.21. The van der Waals surface area contributed by atoms with Crippen LogP contribution in [0, 0.1) is 5.41 Å². The van der Waals surface area contributed by atoms with Gasteiger partial charge in [0.25, 0.3) is 0 Å². The Bertz CT molecular complexity index is 311. The summed E-state index contributed by atoms with van der Waals surface area (Å²) < 4.78 is 0. The molecular formula is C13H18BrCl. The molecule has 0 aliphatic heterocycles. The summed E-state index contributed by atoms with van der Waals surface area (Å²) >= 11 is 9.78. The maximum Gasteiger partial charge on any atom is 0.0438 e. The van der Waals surface area contributed by atoms with Crippen molar-refractivity contribution in [2.24, 2.45) is 5.41 Å². The molecule has 0 amide bonds. The smallest absolute Gasteiger partial charge is 0.0438 e. The van der Waals surface area contributed by atoms with E-state index in [9.17, 15) is 0 Å². The summed E-state index contributed by atoms with van der Waals surface area (Å²) in [6.45, 7) is 4.54. The van der Waals surface area contributed by atoms with Crippen LogP contribution in [-0.4, -0.2) is 5.33 Å². The molecule has 0 spiro atoms. The molecule has 15 heavy (non-hydrogen) atoms. The van der Waals surface area contributed by atoms with Gasteiger partial charge >= 0.3 is 0 Å². The molecule has 0 saturated heterocycles. The maximum absolute atomic E-state index is 6.17. The van der Waals surface area contributed by atoms with Crippen LogP contribution in [0.1, 0.15) is 32.3 Å². The van der Waals surface area contributed by atoms with Crippen molar-refractivity contribution in [3.05, 3.63) is 34.9 Å². The van der Waals surface area contributed by atoms with Crippen molar-refractivity contribution in [3.63, 3.8) is 0 Å². The van der Waals surface area contributed by atoms with Crippen molar-refractivity contribution in [1.29, 1.82) is 0 Å². The van der Waals surface area contributed by atoms with Gasteiger partial charge in [-0.25, -0.2) is 0 Å². The first kappa shape index (κ1) is 13.1. The highest BCUT2D eigenvalue weighted by Gasteiger charge is 2.23. The summed E-state index contributed by atoms with van der Waals surface area (Å²) in [5, 5.41) is 1.92. The standard InChI is InChI=1S/C13H18BrCl/c1-3-8-13(2,10-14)9-11-6-4-5-7-12(11)15/h4-7H,3,8-10H2,1-2H3. The molecule has 0 heterocycles. The molecular weight excluding hydrogens is 271 g/mol. The highest BCUT2D eigenvalue weighted by molar-refractivity contribution is 9.09. The SMILES string of the molecule is CCCC(C)(CBr)Cc1ccccc1Cl. The summed E-state index contributed by atoms with van der Waals surface area (Å²) in [6, 6.07) is 8.13. The van der Waals surface area contributed by atoms with Crippen molar-refractivity contribution in [1.82, 2.24) is 0 Å². The van der Waals surface area contributed by atoms with Gasteiger partial charge in [-0.3, -0.25) is 0 Å². The first-order chi connectivity index (χ1) is 7.11. The van der Waals surface area contributed by atoms with E-state index in [0.29, 0.717) is 5.41 Å². The summed E-state index contributed by atoms with van der Waals surface area (Å²) in [4.78, 5) is 0. The molecule has 0 N–H and O–H groups in total. The number of hydrogen-bond donors (Lipinski definition) is 0. The van der Waals surface area contributed by atoms with Gasteiger partial charge in [-0.15, -0.1) is 0 Å². The van der Waals surface area contributed by atoms with E-state index in [2.05, 4.69) is 41.9 Å². The Morgan fingerprint density at radius 2 is 2.00 bits per heavy atom. The van der Waals surface area contributed by atoms with E-state index < -0.39 is 0 Å². The largest absolute Gasteiger partial charge is 0.0922 e. The molecule has 0 saturated carbocycles. The van der Waals surface area contributed by atoms with Crippen molar-refractivity contribution in [2.75, 3.05) is 5.33 Å². The summed E-state index contributed by atoms with van der Waals surface area (Å²) in [5.41, 5.74) is 1.58. The lowest BCUT2D eigenvalue weighted by Gasteiger charge is -2.27. The molecule has 0 aromatic heterocycles. The molecule has 1 rings (SSSR count). The maximum atomic E-state index is 6.17. The average Bonchev–Trinajstić information content (AvgIpc) is 2.22. The minimum atomic E-state index is 0.319. The molecule has 1 aromatic carbocycles. The minimum Gasteiger partial charge on any atom is -0.0922 e. The van der Waals surface area contributed by atoms with E-state index in [1.807, 2.05) is 12.1 Å². The zero-order valence-electron chi connectivity index (χ0n) is 9.39. The van der Waals surface area contributed by atoms with Gasteiger partial charge in [0.2, 0.25) is 0 Å². The second kappa shape index (κ2) is 5.91. The lowest BCUT2D eigenvalue weighted by molar-refractivity contribution is 0.340. The molecule has 0 aliphatic carbocycles. The monoisotopic (exact) mass is 288 g/mol. The molecule has 0 nitrogen and oxygen atoms in total. The van der Waals surface area contributed by atoms with E-state index in [1.54, 1.807) is 0 Å². The van der Waals surface area contributed by atoms with Gasteiger partial charge in [0.1, 0.15) is 0 Å². The van der Waals surface area contributed by atoms with Gasteiger partial charge in [0.15, 0.2) is 0 Å². The predicted molar refractivity (Wildman–Crippen MR) is 72.0 cm³/mol. The highest BCUT2D eigenvalue weighted by atomic mass is 79.9. The first-order valence-electron chi connectivity index (χ1n) is 5.40. The number of alkyl halides is 1. The Kier molecular flexibility index (Phi) is 5.14. The van der Waals surface area contributed by atoms with E-state index in [-0.39, 0.29) is 0 Å². The minimum absolute atomic E-state index is 0.319. The van der Waals surface area contributed by atoms with E-state index >= 15 is 0 Å². The Morgan fingerprint density at radius 3 is 2.53 bits per heavy atom. The summed E-state index contributed by atoms with van der Waals surface area (Å²) in [7, 11) is 0. The topological polar surface area (TPSA) is 0 Å². The average molecular weight is 290 g/mol. The van der Waals surface area contributed by atoms with E-state index in [0.717, 1.165) is 16.8 Å². The zero-order chi connectivity index (χ0) is 11.3. The molecule has 0 fully saturated rings. The molecule has 1 atom stereocenters. The third kappa shape index (κ3) is 3.81. The Labute approximate surface area is 106 Å². The van der Waals surface area contributed by atoms with Gasteiger partial charge in [-0.1, -0.05) is 66.0 Å². The fourth-order valence-electron chi connectivity index (χ4n) is 1.91. The van der Waals surface area contributed by atoms with Gasteiger partial charge < -0.3 is 0 Å². The van der Waals surface area contributed by atoms with Crippen LogP contribution in [-0.2, 0) is 6.42 Å². The van der Waals surface area contributed by atoms with Crippen LogP contribution >= 0.6 is 27.5 Å². The molecule has 0 aliphatic rings. The lowest BCUT2D eigenvalue weighted by atomic mass is 9.82.